The standard InChI is InChI=1S/C20H25Br2N/c1-19(2,3)13-7-9-17(15(21)11-13)23-18-10-8-14(12-16(18)22)20(4,5)6/h7-12,23H,1-6H3. The van der Waals surface area contributed by atoms with Crippen LogP contribution in [0.1, 0.15) is 52.7 Å². The van der Waals surface area contributed by atoms with Crippen molar-refractivity contribution < 1.29 is 0 Å². The van der Waals surface area contributed by atoms with Crippen LogP contribution in [-0.4, -0.2) is 0 Å². The van der Waals surface area contributed by atoms with Gasteiger partial charge in [-0.15, -0.1) is 0 Å². The molecule has 124 valence electrons. The zero-order valence-electron chi connectivity index (χ0n) is 14.7. The van der Waals surface area contributed by atoms with Crippen molar-refractivity contribution in [3.8, 4) is 0 Å². The molecule has 0 unspecified atom stereocenters. The van der Waals surface area contributed by atoms with E-state index in [0.29, 0.717) is 0 Å². The molecule has 2 rings (SSSR count). The minimum absolute atomic E-state index is 0.149. The Hall–Kier alpha value is -0.800. The molecule has 0 saturated heterocycles. The van der Waals surface area contributed by atoms with Crippen molar-refractivity contribution in [2.24, 2.45) is 0 Å². The van der Waals surface area contributed by atoms with E-state index in [1.165, 1.54) is 11.1 Å². The van der Waals surface area contributed by atoms with Gasteiger partial charge in [-0.1, -0.05) is 53.7 Å². The van der Waals surface area contributed by atoms with E-state index in [9.17, 15) is 0 Å². The van der Waals surface area contributed by atoms with Gasteiger partial charge in [-0.25, -0.2) is 0 Å². The fraction of sp³-hybridized carbons (Fsp3) is 0.400. The minimum Gasteiger partial charge on any atom is -0.354 e. The molecule has 1 N–H and O–H groups in total. The van der Waals surface area contributed by atoms with Gasteiger partial charge >= 0.3 is 0 Å². The molecule has 0 aliphatic carbocycles. The van der Waals surface area contributed by atoms with Gasteiger partial charge < -0.3 is 5.32 Å². The molecule has 0 spiro atoms. The van der Waals surface area contributed by atoms with E-state index in [2.05, 4.69) is 115 Å². The SMILES string of the molecule is CC(C)(C)c1ccc(Nc2ccc(C(C)(C)C)cc2Br)c(Br)c1. The lowest BCUT2D eigenvalue weighted by atomic mass is 9.87. The quantitative estimate of drug-likeness (QED) is 0.510. The van der Waals surface area contributed by atoms with Gasteiger partial charge in [0.1, 0.15) is 0 Å². The highest BCUT2D eigenvalue weighted by atomic mass is 79.9. The van der Waals surface area contributed by atoms with Crippen LogP contribution < -0.4 is 5.32 Å². The smallest absolute Gasteiger partial charge is 0.0529 e. The zero-order chi connectivity index (χ0) is 17.4. The molecule has 3 heteroatoms. The molecule has 0 bridgehead atoms. The molecule has 0 radical (unpaired) electrons. The summed E-state index contributed by atoms with van der Waals surface area (Å²) < 4.78 is 2.16. The summed E-state index contributed by atoms with van der Waals surface area (Å²) in [5, 5.41) is 3.50. The first-order valence-corrected chi connectivity index (χ1v) is 9.44. The molecule has 0 atom stereocenters. The predicted octanol–water partition coefficient (Wildman–Crippen LogP) is 7.55. The second kappa shape index (κ2) is 6.60. The molecule has 0 amide bonds. The average molecular weight is 439 g/mol. The summed E-state index contributed by atoms with van der Waals surface area (Å²) in [6.07, 6.45) is 0. The first kappa shape index (κ1) is 18.5. The van der Waals surface area contributed by atoms with Crippen LogP contribution in [-0.2, 0) is 10.8 Å². The van der Waals surface area contributed by atoms with E-state index < -0.39 is 0 Å². The second-order valence-corrected chi connectivity index (χ2v) is 9.72. The van der Waals surface area contributed by atoms with E-state index in [1.807, 2.05) is 0 Å². The van der Waals surface area contributed by atoms with E-state index in [-0.39, 0.29) is 10.8 Å². The third-order valence-corrected chi connectivity index (χ3v) is 5.25. The van der Waals surface area contributed by atoms with E-state index >= 15 is 0 Å². The van der Waals surface area contributed by atoms with Crippen molar-refractivity contribution in [1.82, 2.24) is 0 Å². The topological polar surface area (TPSA) is 12.0 Å². The average Bonchev–Trinajstić information content (AvgIpc) is 2.40. The fourth-order valence-electron chi connectivity index (χ4n) is 2.31. The van der Waals surface area contributed by atoms with Crippen LogP contribution in [0.5, 0.6) is 0 Å². The Bertz CT molecular complexity index is 645. The fourth-order valence-corrected chi connectivity index (χ4v) is 3.27. The highest BCUT2D eigenvalue weighted by Gasteiger charge is 2.17. The van der Waals surface area contributed by atoms with E-state index in [4.69, 9.17) is 0 Å². The Balaban J connectivity index is 2.30. The first-order chi connectivity index (χ1) is 10.5. The van der Waals surface area contributed by atoms with Crippen LogP contribution in [0.2, 0.25) is 0 Å². The van der Waals surface area contributed by atoms with Gasteiger partial charge in [0.15, 0.2) is 0 Å². The van der Waals surface area contributed by atoms with Crippen molar-refractivity contribution >= 4 is 43.2 Å². The summed E-state index contributed by atoms with van der Waals surface area (Å²) in [5.74, 6) is 0. The molecular weight excluding hydrogens is 414 g/mol. The lowest BCUT2D eigenvalue weighted by Crippen LogP contribution is -2.11. The summed E-state index contributed by atoms with van der Waals surface area (Å²) in [6, 6.07) is 13.0. The molecule has 0 fully saturated rings. The number of benzene rings is 2. The van der Waals surface area contributed by atoms with Crippen LogP contribution in [0.25, 0.3) is 0 Å². The van der Waals surface area contributed by atoms with Gasteiger partial charge in [0.25, 0.3) is 0 Å². The molecule has 2 aromatic carbocycles. The lowest BCUT2D eigenvalue weighted by molar-refractivity contribution is 0.590. The van der Waals surface area contributed by atoms with Crippen LogP contribution >= 0.6 is 31.9 Å². The van der Waals surface area contributed by atoms with E-state index in [1.54, 1.807) is 0 Å². The maximum atomic E-state index is 3.69. The van der Waals surface area contributed by atoms with Crippen LogP contribution in [0.15, 0.2) is 45.3 Å². The molecule has 23 heavy (non-hydrogen) atoms. The molecule has 0 aliphatic heterocycles. The molecular formula is C20H25Br2N. The first-order valence-electron chi connectivity index (χ1n) is 7.85. The molecule has 1 nitrogen and oxygen atoms in total. The molecule has 0 saturated carbocycles. The number of halogens is 2. The van der Waals surface area contributed by atoms with Crippen molar-refractivity contribution in [2.45, 2.75) is 52.4 Å². The third-order valence-electron chi connectivity index (χ3n) is 3.94. The largest absolute Gasteiger partial charge is 0.354 e. The number of hydrogen-bond donors (Lipinski definition) is 1. The summed E-state index contributed by atoms with van der Waals surface area (Å²) in [4.78, 5) is 0. The summed E-state index contributed by atoms with van der Waals surface area (Å²) >= 11 is 7.38. The van der Waals surface area contributed by atoms with Crippen LogP contribution in [0.4, 0.5) is 11.4 Å². The Morgan fingerprint density at radius 1 is 0.652 bits per heavy atom. The van der Waals surface area contributed by atoms with Crippen LogP contribution in [0, 0.1) is 0 Å². The highest BCUT2D eigenvalue weighted by molar-refractivity contribution is 9.11. The number of rotatable bonds is 2. The molecule has 0 heterocycles. The van der Waals surface area contributed by atoms with Crippen molar-refractivity contribution in [2.75, 3.05) is 5.32 Å². The van der Waals surface area contributed by atoms with Crippen LogP contribution in [0.3, 0.4) is 0 Å². The zero-order valence-corrected chi connectivity index (χ0v) is 17.9. The highest BCUT2D eigenvalue weighted by Crippen LogP contribution is 2.35. The normalized spacial score (nSPS) is 12.3. The van der Waals surface area contributed by atoms with Gasteiger partial charge in [-0.2, -0.15) is 0 Å². The summed E-state index contributed by atoms with van der Waals surface area (Å²) in [5.41, 5.74) is 5.07. The van der Waals surface area contributed by atoms with Gasteiger partial charge in [0, 0.05) is 8.95 Å². The van der Waals surface area contributed by atoms with Crippen molar-refractivity contribution in [1.29, 1.82) is 0 Å². The number of hydrogen-bond acceptors (Lipinski definition) is 1. The van der Waals surface area contributed by atoms with Crippen molar-refractivity contribution in [3.63, 3.8) is 0 Å². The Morgan fingerprint density at radius 3 is 1.26 bits per heavy atom. The summed E-state index contributed by atoms with van der Waals surface area (Å²) in [7, 11) is 0. The van der Waals surface area contributed by atoms with E-state index in [0.717, 1.165) is 20.3 Å². The summed E-state index contributed by atoms with van der Waals surface area (Å²) in [6.45, 7) is 13.4. The maximum absolute atomic E-state index is 3.69. The van der Waals surface area contributed by atoms with Gasteiger partial charge in [-0.05, 0) is 78.1 Å². The number of anilines is 2. The Morgan fingerprint density at radius 2 is 1.00 bits per heavy atom. The lowest BCUT2D eigenvalue weighted by Gasteiger charge is -2.22. The monoisotopic (exact) mass is 437 g/mol. The van der Waals surface area contributed by atoms with Gasteiger partial charge in [-0.3, -0.25) is 0 Å². The molecule has 2 aromatic rings. The van der Waals surface area contributed by atoms with Gasteiger partial charge in [0.05, 0.1) is 11.4 Å². The van der Waals surface area contributed by atoms with Gasteiger partial charge in [0.2, 0.25) is 0 Å². The maximum Gasteiger partial charge on any atom is 0.0529 e. The van der Waals surface area contributed by atoms with Crippen molar-refractivity contribution in [3.05, 3.63) is 56.5 Å². The Kier molecular flexibility index (Phi) is 5.32. The second-order valence-electron chi connectivity index (χ2n) is 8.01. The third kappa shape index (κ3) is 4.60. The molecule has 0 aliphatic rings. The molecule has 0 aromatic heterocycles. The predicted molar refractivity (Wildman–Crippen MR) is 109 cm³/mol. The number of nitrogens with one attached hydrogen (secondary N) is 1. The minimum atomic E-state index is 0.149. The Labute approximate surface area is 157 Å².